The van der Waals surface area contributed by atoms with E-state index < -0.39 is 0 Å². The number of thiocarbonyl (C=S) groups is 1. The predicted molar refractivity (Wildman–Crippen MR) is 126 cm³/mol. The van der Waals surface area contributed by atoms with Crippen LogP contribution in [0.15, 0.2) is 43.0 Å². The van der Waals surface area contributed by atoms with Gasteiger partial charge in [-0.15, -0.1) is 6.58 Å². The summed E-state index contributed by atoms with van der Waals surface area (Å²) in [4.78, 5) is 2.68. The Kier molecular flexibility index (Phi) is 5.79. The number of hydrogen-bond acceptors (Lipinski definition) is 3. The lowest BCUT2D eigenvalue weighted by atomic mass is 9.71. The Balaban J connectivity index is 1.78. The zero-order valence-corrected chi connectivity index (χ0v) is 18.4. The lowest BCUT2D eigenvalue weighted by Crippen LogP contribution is -2.54. The van der Waals surface area contributed by atoms with E-state index in [4.69, 9.17) is 17.0 Å². The topological polar surface area (TPSA) is 36.5 Å². The third kappa shape index (κ3) is 3.74. The van der Waals surface area contributed by atoms with Crippen molar-refractivity contribution in [2.24, 2.45) is 11.8 Å². The zero-order valence-electron chi connectivity index (χ0n) is 17.6. The maximum atomic E-state index is 5.54. The molecule has 5 rings (SSSR count). The van der Waals surface area contributed by atoms with Crippen LogP contribution in [0, 0.1) is 11.8 Å². The molecule has 3 aliphatic heterocycles. The van der Waals surface area contributed by atoms with Crippen LogP contribution < -0.4 is 15.4 Å². The van der Waals surface area contributed by atoms with Gasteiger partial charge in [0, 0.05) is 25.3 Å². The van der Waals surface area contributed by atoms with Gasteiger partial charge in [0.2, 0.25) is 0 Å². The quantitative estimate of drug-likeness (QED) is 0.550. The van der Waals surface area contributed by atoms with Crippen molar-refractivity contribution in [1.29, 1.82) is 0 Å². The Bertz CT molecular complexity index is 928. The molecule has 0 saturated carbocycles. The molecular weight excluding hydrogens is 378 g/mol. The standard InChI is InChI=1S/C24H31N3OS/c1-5-16-14-27-11-10-18(16)12-22(27)15(2)23-20-13-19(28-4)8-6-17(20)7-9-21(23)26-24(29)25-3/h5-9,13,15-16,18,22H,1,10-12,14H2,2-4H3,(H2,25,26,29)/t15-,16?,18?,22?/m0/s1. The second-order valence-corrected chi connectivity index (χ2v) is 8.76. The molecule has 3 saturated heterocycles. The molecule has 0 amide bonds. The smallest absolute Gasteiger partial charge is 0.170 e. The largest absolute Gasteiger partial charge is 0.497 e. The Morgan fingerprint density at radius 1 is 1.34 bits per heavy atom. The molecule has 3 aliphatic rings. The molecule has 4 nitrogen and oxygen atoms in total. The van der Waals surface area contributed by atoms with Gasteiger partial charge in [-0.25, -0.2) is 0 Å². The second-order valence-electron chi connectivity index (χ2n) is 8.35. The lowest BCUT2D eigenvalue weighted by Gasteiger charge is -2.51. The first-order valence-electron chi connectivity index (χ1n) is 10.5. The van der Waals surface area contributed by atoms with E-state index in [1.54, 1.807) is 7.11 Å². The van der Waals surface area contributed by atoms with Crippen LogP contribution in [-0.2, 0) is 0 Å². The van der Waals surface area contributed by atoms with Crippen LogP contribution >= 0.6 is 12.2 Å². The van der Waals surface area contributed by atoms with Crippen LogP contribution in [0.5, 0.6) is 5.75 Å². The van der Waals surface area contributed by atoms with Gasteiger partial charge in [-0.2, -0.15) is 0 Å². The van der Waals surface area contributed by atoms with Crippen molar-refractivity contribution in [2.45, 2.75) is 31.7 Å². The van der Waals surface area contributed by atoms with Gasteiger partial charge in [0.05, 0.1) is 7.11 Å². The molecule has 154 valence electrons. The molecule has 2 aromatic rings. The maximum absolute atomic E-state index is 5.54. The van der Waals surface area contributed by atoms with Crippen LogP contribution in [0.25, 0.3) is 10.8 Å². The first-order chi connectivity index (χ1) is 14.0. The van der Waals surface area contributed by atoms with Crippen LogP contribution in [-0.4, -0.2) is 43.3 Å². The molecule has 2 N–H and O–H groups in total. The van der Waals surface area contributed by atoms with Gasteiger partial charge in [0.15, 0.2) is 5.11 Å². The van der Waals surface area contributed by atoms with Crippen LogP contribution in [0.1, 0.15) is 31.2 Å². The second kappa shape index (κ2) is 8.33. The SMILES string of the molecule is C=CC1CN2CCC1CC2[C@H](C)c1c(NC(=S)NC)ccc2ccc(OC)cc12. The summed E-state index contributed by atoms with van der Waals surface area (Å²) in [7, 11) is 3.58. The summed E-state index contributed by atoms with van der Waals surface area (Å²) in [5.74, 6) is 2.65. The van der Waals surface area contributed by atoms with Crippen molar-refractivity contribution in [3.05, 3.63) is 48.6 Å². The van der Waals surface area contributed by atoms with Crippen LogP contribution in [0.2, 0.25) is 0 Å². The highest BCUT2D eigenvalue weighted by atomic mass is 32.1. The van der Waals surface area contributed by atoms with E-state index in [1.807, 2.05) is 13.1 Å². The number of piperidine rings is 3. The number of anilines is 1. The number of ether oxygens (including phenoxy) is 1. The fraction of sp³-hybridized carbons (Fsp3) is 0.458. The first-order valence-corrected chi connectivity index (χ1v) is 10.9. The molecule has 2 aromatic carbocycles. The molecule has 2 bridgehead atoms. The minimum Gasteiger partial charge on any atom is -0.497 e. The predicted octanol–water partition coefficient (Wildman–Crippen LogP) is 4.76. The average Bonchev–Trinajstić information content (AvgIpc) is 2.77. The Hall–Kier alpha value is -2.11. The van der Waals surface area contributed by atoms with Crippen LogP contribution in [0.4, 0.5) is 5.69 Å². The Labute approximate surface area is 179 Å². The van der Waals surface area contributed by atoms with E-state index in [0.717, 1.165) is 23.9 Å². The lowest BCUT2D eigenvalue weighted by molar-refractivity contribution is 0.00934. The summed E-state index contributed by atoms with van der Waals surface area (Å²) >= 11 is 5.43. The third-order valence-electron chi connectivity index (χ3n) is 6.93. The first kappa shape index (κ1) is 20.2. The summed E-state index contributed by atoms with van der Waals surface area (Å²) in [6.07, 6.45) is 4.69. The molecule has 5 heteroatoms. The summed E-state index contributed by atoms with van der Waals surface area (Å²) in [6, 6.07) is 11.2. The Morgan fingerprint density at radius 3 is 2.79 bits per heavy atom. The van der Waals surface area contributed by atoms with E-state index in [0.29, 0.717) is 23.0 Å². The number of benzene rings is 2. The highest BCUT2D eigenvalue weighted by Crippen LogP contribution is 2.45. The number of nitrogens with zero attached hydrogens (tertiary/aromatic N) is 1. The molecule has 0 aliphatic carbocycles. The van der Waals surface area contributed by atoms with E-state index in [-0.39, 0.29) is 0 Å². The van der Waals surface area contributed by atoms with Crippen molar-refractivity contribution in [1.82, 2.24) is 10.2 Å². The third-order valence-corrected chi connectivity index (χ3v) is 7.24. The highest BCUT2D eigenvalue weighted by Gasteiger charge is 2.41. The van der Waals surface area contributed by atoms with E-state index >= 15 is 0 Å². The van der Waals surface area contributed by atoms with E-state index in [2.05, 4.69) is 59.4 Å². The molecule has 4 unspecified atom stereocenters. The molecule has 5 atom stereocenters. The number of fused-ring (bicyclic) bond motifs is 4. The summed E-state index contributed by atoms with van der Waals surface area (Å²) < 4.78 is 5.54. The van der Waals surface area contributed by atoms with Gasteiger partial charge in [-0.3, -0.25) is 4.90 Å². The van der Waals surface area contributed by atoms with Gasteiger partial charge in [0.1, 0.15) is 5.75 Å². The monoisotopic (exact) mass is 409 g/mol. The molecular formula is C24H31N3OS. The number of rotatable bonds is 5. The Morgan fingerprint density at radius 2 is 2.14 bits per heavy atom. The van der Waals surface area contributed by atoms with Crippen molar-refractivity contribution in [2.75, 3.05) is 32.6 Å². The van der Waals surface area contributed by atoms with Gasteiger partial charge in [-0.1, -0.05) is 25.1 Å². The fourth-order valence-electron chi connectivity index (χ4n) is 5.32. The summed E-state index contributed by atoms with van der Waals surface area (Å²) in [5.41, 5.74) is 2.41. The number of nitrogens with one attached hydrogen (secondary N) is 2. The molecule has 0 radical (unpaired) electrons. The normalized spacial score (nSPS) is 26.7. The molecule has 0 aromatic heterocycles. The summed E-state index contributed by atoms with van der Waals surface area (Å²) in [5, 5.41) is 9.57. The molecule has 3 heterocycles. The highest BCUT2D eigenvalue weighted by molar-refractivity contribution is 7.80. The van der Waals surface area contributed by atoms with Gasteiger partial charge >= 0.3 is 0 Å². The average molecular weight is 410 g/mol. The molecule has 29 heavy (non-hydrogen) atoms. The number of hydrogen-bond donors (Lipinski definition) is 2. The minimum atomic E-state index is 0.376. The zero-order chi connectivity index (χ0) is 20.5. The minimum absolute atomic E-state index is 0.376. The van der Waals surface area contributed by atoms with Crippen molar-refractivity contribution in [3.63, 3.8) is 0 Å². The maximum Gasteiger partial charge on any atom is 0.170 e. The van der Waals surface area contributed by atoms with E-state index in [1.165, 1.54) is 35.7 Å². The van der Waals surface area contributed by atoms with Crippen molar-refractivity contribution in [3.8, 4) is 5.75 Å². The van der Waals surface area contributed by atoms with Crippen LogP contribution in [0.3, 0.4) is 0 Å². The molecule has 3 fully saturated rings. The van der Waals surface area contributed by atoms with Gasteiger partial charge < -0.3 is 15.4 Å². The van der Waals surface area contributed by atoms with Gasteiger partial charge in [0.25, 0.3) is 0 Å². The van der Waals surface area contributed by atoms with Crippen molar-refractivity contribution < 1.29 is 4.74 Å². The summed E-state index contributed by atoms with van der Waals surface area (Å²) in [6.45, 7) is 8.77. The van der Waals surface area contributed by atoms with Gasteiger partial charge in [-0.05, 0) is 83.9 Å². The van der Waals surface area contributed by atoms with Crippen molar-refractivity contribution >= 4 is 33.8 Å². The fourth-order valence-corrected chi connectivity index (χ4v) is 5.43. The molecule has 0 spiro atoms. The van der Waals surface area contributed by atoms with E-state index in [9.17, 15) is 0 Å². The number of methoxy groups -OCH3 is 1.